The van der Waals surface area contributed by atoms with Crippen LogP contribution >= 0.6 is 0 Å². The Bertz CT molecular complexity index is 503. The average molecular weight is 264 g/mol. The van der Waals surface area contributed by atoms with E-state index in [-0.39, 0.29) is 0 Å². The minimum Gasteiger partial charge on any atom is -0.496 e. The largest absolute Gasteiger partial charge is 0.496 e. The molecule has 0 aliphatic carbocycles. The molecule has 0 spiro atoms. The van der Waals surface area contributed by atoms with Crippen molar-refractivity contribution in [3.8, 4) is 5.75 Å². The summed E-state index contributed by atoms with van der Waals surface area (Å²) in [6.45, 7) is 6.64. The van der Waals surface area contributed by atoms with Crippen LogP contribution in [0.15, 0.2) is 12.1 Å². The van der Waals surface area contributed by atoms with E-state index in [2.05, 4.69) is 0 Å². The maximum absolute atomic E-state index is 11.4. The van der Waals surface area contributed by atoms with E-state index in [0.717, 1.165) is 22.4 Å². The minimum absolute atomic E-state index is 0.430. The Morgan fingerprint density at radius 2 is 1.95 bits per heavy atom. The summed E-state index contributed by atoms with van der Waals surface area (Å²) in [5.74, 6) is -0.555. The molecule has 0 amide bonds. The Labute approximate surface area is 113 Å². The summed E-state index contributed by atoms with van der Waals surface area (Å²) in [6, 6.07) is 4.01. The van der Waals surface area contributed by atoms with Crippen molar-refractivity contribution in [3.63, 3.8) is 0 Å². The van der Waals surface area contributed by atoms with Crippen molar-refractivity contribution in [1.29, 1.82) is 0 Å². The molecule has 1 saturated heterocycles. The van der Waals surface area contributed by atoms with E-state index in [9.17, 15) is 9.90 Å². The predicted molar refractivity (Wildman–Crippen MR) is 71.8 cm³/mol. The lowest BCUT2D eigenvalue weighted by Gasteiger charge is -2.45. The van der Waals surface area contributed by atoms with Gasteiger partial charge in [0.15, 0.2) is 0 Å². The number of carboxylic acids is 1. The molecule has 1 heterocycles. The molecule has 4 nitrogen and oxygen atoms in total. The maximum Gasteiger partial charge on any atom is 0.307 e. The van der Waals surface area contributed by atoms with Crippen LogP contribution in [0.1, 0.15) is 23.6 Å². The van der Waals surface area contributed by atoms with Gasteiger partial charge >= 0.3 is 5.97 Å². The average Bonchev–Trinajstić information content (AvgIpc) is 2.31. The molecule has 1 aromatic carbocycles. The Kier molecular flexibility index (Phi) is 3.54. The molecule has 1 atom stereocenters. The van der Waals surface area contributed by atoms with Crippen molar-refractivity contribution in [2.75, 3.05) is 20.3 Å². The van der Waals surface area contributed by atoms with Crippen LogP contribution in [0.4, 0.5) is 0 Å². The van der Waals surface area contributed by atoms with Gasteiger partial charge in [0.2, 0.25) is 0 Å². The van der Waals surface area contributed by atoms with Crippen molar-refractivity contribution in [1.82, 2.24) is 0 Å². The number of carbonyl (C=O) groups is 1. The van der Waals surface area contributed by atoms with Crippen molar-refractivity contribution >= 4 is 5.97 Å². The molecule has 2 rings (SSSR count). The molecular weight excluding hydrogens is 244 g/mol. The zero-order valence-corrected chi connectivity index (χ0v) is 11.8. The summed E-state index contributed by atoms with van der Waals surface area (Å²) >= 11 is 0. The van der Waals surface area contributed by atoms with E-state index in [1.165, 1.54) is 0 Å². The summed E-state index contributed by atoms with van der Waals surface area (Å²) in [6.07, 6.45) is 0. The number of carboxylic acid groups (broad SMARTS) is 1. The van der Waals surface area contributed by atoms with Gasteiger partial charge in [-0.15, -0.1) is 0 Å². The van der Waals surface area contributed by atoms with Crippen LogP contribution in [0.2, 0.25) is 0 Å². The van der Waals surface area contributed by atoms with Gasteiger partial charge in [0.05, 0.1) is 31.7 Å². The lowest BCUT2D eigenvalue weighted by molar-refractivity contribution is -0.155. The van der Waals surface area contributed by atoms with Crippen molar-refractivity contribution in [2.24, 2.45) is 5.92 Å². The highest BCUT2D eigenvalue weighted by molar-refractivity contribution is 5.73. The van der Waals surface area contributed by atoms with Gasteiger partial charge in [0, 0.05) is 5.56 Å². The number of hydrogen-bond acceptors (Lipinski definition) is 3. The molecule has 1 aliphatic heterocycles. The van der Waals surface area contributed by atoms with Gasteiger partial charge in [-0.05, 0) is 31.0 Å². The van der Waals surface area contributed by atoms with Crippen LogP contribution in [0, 0.1) is 19.8 Å². The summed E-state index contributed by atoms with van der Waals surface area (Å²) in [5.41, 5.74) is 2.74. The third-order valence-electron chi connectivity index (χ3n) is 4.27. The molecule has 19 heavy (non-hydrogen) atoms. The fraction of sp³-hybridized carbons (Fsp3) is 0.533. The zero-order chi connectivity index (χ0) is 14.2. The molecule has 0 bridgehead atoms. The second kappa shape index (κ2) is 4.85. The van der Waals surface area contributed by atoms with Gasteiger partial charge in [-0.3, -0.25) is 4.79 Å². The normalized spacial score (nSPS) is 18.5. The first-order valence-corrected chi connectivity index (χ1v) is 6.38. The predicted octanol–water partition coefficient (Wildman–Crippen LogP) is 2.30. The molecule has 1 aromatic rings. The third-order valence-corrected chi connectivity index (χ3v) is 4.27. The highest BCUT2D eigenvalue weighted by atomic mass is 16.5. The number of aryl methyl sites for hydroxylation is 2. The first-order valence-electron chi connectivity index (χ1n) is 6.38. The molecule has 1 unspecified atom stereocenters. The molecule has 0 radical (unpaired) electrons. The van der Waals surface area contributed by atoms with Gasteiger partial charge in [-0.1, -0.05) is 13.0 Å². The SMILES string of the molecule is COc1cc(C)c(C)cc1C1(C(C)C(=O)O)COC1. The van der Waals surface area contributed by atoms with Crippen molar-refractivity contribution in [3.05, 3.63) is 28.8 Å². The quantitative estimate of drug-likeness (QED) is 0.906. The molecule has 0 aromatic heterocycles. The Morgan fingerprint density at radius 3 is 2.37 bits per heavy atom. The van der Waals surface area contributed by atoms with E-state index in [0.29, 0.717) is 13.2 Å². The number of methoxy groups -OCH3 is 1. The Hall–Kier alpha value is -1.55. The van der Waals surface area contributed by atoms with E-state index in [1.807, 2.05) is 26.0 Å². The standard InChI is InChI=1S/C15H20O4/c1-9-5-12(13(18-4)6-10(9)2)15(7-19-8-15)11(3)14(16)17/h5-6,11H,7-8H2,1-4H3,(H,16,17). The van der Waals surface area contributed by atoms with Gasteiger partial charge in [0.1, 0.15) is 5.75 Å². The van der Waals surface area contributed by atoms with E-state index in [1.54, 1.807) is 14.0 Å². The van der Waals surface area contributed by atoms with Crippen LogP contribution in [0.3, 0.4) is 0 Å². The second-order valence-corrected chi connectivity index (χ2v) is 5.35. The fourth-order valence-electron chi connectivity index (χ4n) is 2.54. The summed E-state index contributed by atoms with van der Waals surface area (Å²) < 4.78 is 10.8. The highest BCUT2D eigenvalue weighted by Gasteiger charge is 2.50. The zero-order valence-electron chi connectivity index (χ0n) is 11.8. The summed E-state index contributed by atoms with van der Waals surface area (Å²) in [4.78, 5) is 11.4. The van der Waals surface area contributed by atoms with E-state index in [4.69, 9.17) is 9.47 Å². The lowest BCUT2D eigenvalue weighted by Crippen LogP contribution is -2.54. The number of ether oxygens (including phenoxy) is 2. The number of hydrogen-bond donors (Lipinski definition) is 1. The molecule has 1 fully saturated rings. The van der Waals surface area contributed by atoms with Gasteiger partial charge in [0.25, 0.3) is 0 Å². The summed E-state index contributed by atoms with van der Waals surface area (Å²) in [7, 11) is 1.62. The minimum atomic E-state index is -0.802. The Morgan fingerprint density at radius 1 is 1.37 bits per heavy atom. The molecule has 1 aliphatic rings. The Balaban J connectivity index is 2.55. The molecule has 4 heteroatoms. The van der Waals surface area contributed by atoms with Crippen LogP contribution in [-0.2, 0) is 14.9 Å². The first-order chi connectivity index (χ1) is 8.92. The highest BCUT2D eigenvalue weighted by Crippen LogP contribution is 2.44. The second-order valence-electron chi connectivity index (χ2n) is 5.35. The van der Waals surface area contributed by atoms with Crippen molar-refractivity contribution in [2.45, 2.75) is 26.2 Å². The van der Waals surface area contributed by atoms with Crippen molar-refractivity contribution < 1.29 is 19.4 Å². The topological polar surface area (TPSA) is 55.8 Å². The number of benzene rings is 1. The van der Waals surface area contributed by atoms with Gasteiger partial charge in [-0.2, -0.15) is 0 Å². The van der Waals surface area contributed by atoms with Crippen LogP contribution in [-0.4, -0.2) is 31.4 Å². The number of aliphatic carboxylic acids is 1. The number of rotatable bonds is 4. The van der Waals surface area contributed by atoms with Gasteiger partial charge in [-0.25, -0.2) is 0 Å². The van der Waals surface area contributed by atoms with E-state index >= 15 is 0 Å². The molecule has 0 saturated carbocycles. The molecule has 1 N–H and O–H groups in total. The van der Waals surface area contributed by atoms with Crippen LogP contribution in [0.5, 0.6) is 5.75 Å². The third kappa shape index (κ3) is 2.10. The van der Waals surface area contributed by atoms with Gasteiger partial charge < -0.3 is 14.6 Å². The summed E-state index contributed by atoms with van der Waals surface area (Å²) in [5, 5.41) is 9.34. The van der Waals surface area contributed by atoms with Crippen LogP contribution < -0.4 is 4.74 Å². The molecule has 104 valence electrons. The smallest absolute Gasteiger partial charge is 0.307 e. The van der Waals surface area contributed by atoms with E-state index < -0.39 is 17.3 Å². The molecular formula is C15H20O4. The maximum atomic E-state index is 11.4. The van der Waals surface area contributed by atoms with Crippen LogP contribution in [0.25, 0.3) is 0 Å². The first kappa shape index (κ1) is 13.9. The lowest BCUT2D eigenvalue weighted by atomic mass is 9.68. The monoisotopic (exact) mass is 264 g/mol. The fourth-order valence-corrected chi connectivity index (χ4v) is 2.54.